The van der Waals surface area contributed by atoms with Crippen LogP contribution >= 0.6 is 0 Å². The van der Waals surface area contributed by atoms with Crippen LogP contribution in [0.1, 0.15) is 18.1 Å². The second kappa shape index (κ2) is 5.32. The van der Waals surface area contributed by atoms with Gasteiger partial charge in [0.15, 0.2) is 0 Å². The molecule has 0 bridgehead atoms. The van der Waals surface area contributed by atoms with Crippen molar-refractivity contribution in [1.82, 2.24) is 0 Å². The van der Waals surface area contributed by atoms with Gasteiger partial charge in [0.05, 0.1) is 13.2 Å². The van der Waals surface area contributed by atoms with Crippen LogP contribution in [0.4, 0.5) is 5.69 Å². The van der Waals surface area contributed by atoms with Crippen LogP contribution in [0, 0.1) is 6.92 Å². The molecule has 0 saturated carbocycles. The lowest BCUT2D eigenvalue weighted by Gasteiger charge is -2.29. The lowest BCUT2D eigenvalue weighted by Crippen LogP contribution is -2.36. The molecular weight excluding hydrogens is 214 g/mol. The fourth-order valence-corrected chi connectivity index (χ4v) is 2.13. The van der Waals surface area contributed by atoms with Gasteiger partial charge in [-0.3, -0.25) is 4.79 Å². The first-order chi connectivity index (χ1) is 8.16. The zero-order valence-electron chi connectivity index (χ0n) is 10.5. The highest BCUT2D eigenvalue weighted by Gasteiger charge is 2.12. The molecule has 0 radical (unpaired) electrons. The molecular formula is C14H19NO2. The molecule has 0 aromatic heterocycles. The topological polar surface area (TPSA) is 29.5 Å². The van der Waals surface area contributed by atoms with Crippen LogP contribution < -0.4 is 4.90 Å². The minimum absolute atomic E-state index is 0.215. The average Bonchev–Trinajstić information content (AvgIpc) is 2.32. The van der Waals surface area contributed by atoms with Gasteiger partial charge in [0, 0.05) is 25.2 Å². The van der Waals surface area contributed by atoms with Crippen LogP contribution in [0.25, 0.3) is 0 Å². The van der Waals surface area contributed by atoms with Crippen molar-refractivity contribution in [2.24, 2.45) is 0 Å². The number of benzene rings is 1. The largest absolute Gasteiger partial charge is 0.378 e. The molecule has 0 spiro atoms. The number of ether oxygens (including phenoxy) is 1. The molecule has 0 N–H and O–H groups in total. The summed E-state index contributed by atoms with van der Waals surface area (Å²) in [6, 6.07) is 6.37. The second-order valence-electron chi connectivity index (χ2n) is 4.59. The van der Waals surface area contributed by atoms with E-state index in [-0.39, 0.29) is 5.78 Å². The summed E-state index contributed by atoms with van der Waals surface area (Å²) in [4.78, 5) is 13.5. The molecule has 1 aliphatic heterocycles. The summed E-state index contributed by atoms with van der Waals surface area (Å²) >= 11 is 0. The first-order valence-corrected chi connectivity index (χ1v) is 6.08. The van der Waals surface area contributed by atoms with Gasteiger partial charge in [0.25, 0.3) is 0 Å². The van der Waals surface area contributed by atoms with Gasteiger partial charge in [-0.15, -0.1) is 0 Å². The maximum atomic E-state index is 11.2. The highest BCUT2D eigenvalue weighted by atomic mass is 16.5. The lowest BCUT2D eigenvalue weighted by molar-refractivity contribution is -0.116. The Morgan fingerprint density at radius 3 is 2.71 bits per heavy atom. The number of carbonyl (C=O) groups excluding carboxylic acids is 1. The Morgan fingerprint density at radius 1 is 1.35 bits per heavy atom. The van der Waals surface area contributed by atoms with Gasteiger partial charge in [0.1, 0.15) is 5.78 Å². The molecule has 1 saturated heterocycles. The van der Waals surface area contributed by atoms with E-state index < -0.39 is 0 Å². The molecule has 92 valence electrons. The van der Waals surface area contributed by atoms with Gasteiger partial charge in [-0.1, -0.05) is 6.07 Å². The molecule has 3 heteroatoms. The van der Waals surface area contributed by atoms with E-state index in [9.17, 15) is 4.79 Å². The zero-order valence-corrected chi connectivity index (χ0v) is 10.5. The predicted octanol–water partition coefficient (Wildman–Crippen LogP) is 1.96. The molecule has 0 unspecified atom stereocenters. The van der Waals surface area contributed by atoms with Gasteiger partial charge in [-0.25, -0.2) is 0 Å². The highest BCUT2D eigenvalue weighted by molar-refractivity contribution is 5.79. The molecule has 1 fully saturated rings. The van der Waals surface area contributed by atoms with Crippen molar-refractivity contribution in [2.75, 3.05) is 31.2 Å². The summed E-state index contributed by atoms with van der Waals surface area (Å²) in [6.07, 6.45) is 0.532. The molecule has 1 aromatic carbocycles. The summed E-state index contributed by atoms with van der Waals surface area (Å²) in [7, 11) is 0. The summed E-state index contributed by atoms with van der Waals surface area (Å²) in [5.74, 6) is 0.215. The highest BCUT2D eigenvalue weighted by Crippen LogP contribution is 2.20. The maximum absolute atomic E-state index is 11.2. The summed E-state index contributed by atoms with van der Waals surface area (Å²) in [5.41, 5.74) is 3.54. The third kappa shape index (κ3) is 3.07. The first-order valence-electron chi connectivity index (χ1n) is 6.08. The Morgan fingerprint density at radius 2 is 2.06 bits per heavy atom. The summed E-state index contributed by atoms with van der Waals surface area (Å²) in [5, 5.41) is 0. The minimum atomic E-state index is 0.215. The molecule has 3 nitrogen and oxygen atoms in total. The number of hydrogen-bond acceptors (Lipinski definition) is 3. The lowest BCUT2D eigenvalue weighted by atomic mass is 10.0. The van der Waals surface area contributed by atoms with Crippen molar-refractivity contribution in [1.29, 1.82) is 0 Å². The standard InChI is InChI=1S/C14H19NO2/c1-11-3-4-14(10-13(11)9-12(2)16)15-5-7-17-8-6-15/h3-4,10H,5-9H2,1-2H3. The fourth-order valence-electron chi connectivity index (χ4n) is 2.13. The number of hydrogen-bond donors (Lipinski definition) is 0. The summed E-state index contributed by atoms with van der Waals surface area (Å²) in [6.45, 7) is 7.14. The normalized spacial score (nSPS) is 16.0. The zero-order chi connectivity index (χ0) is 12.3. The van der Waals surface area contributed by atoms with E-state index in [1.165, 1.54) is 11.3 Å². The van der Waals surface area contributed by atoms with Crippen LogP contribution in [0.15, 0.2) is 18.2 Å². The molecule has 0 aliphatic carbocycles. The minimum Gasteiger partial charge on any atom is -0.378 e. The van der Waals surface area contributed by atoms with Crippen LogP contribution in [-0.2, 0) is 16.0 Å². The molecule has 2 rings (SSSR count). The van der Waals surface area contributed by atoms with Gasteiger partial charge in [-0.2, -0.15) is 0 Å². The third-order valence-corrected chi connectivity index (χ3v) is 3.15. The molecule has 0 amide bonds. The van der Waals surface area contributed by atoms with E-state index in [0.29, 0.717) is 6.42 Å². The Bertz CT molecular complexity index is 409. The van der Waals surface area contributed by atoms with Crippen LogP contribution in [0.5, 0.6) is 0 Å². The Labute approximate surface area is 102 Å². The number of anilines is 1. The van der Waals surface area contributed by atoms with E-state index in [1.54, 1.807) is 6.92 Å². The number of ketones is 1. The van der Waals surface area contributed by atoms with Gasteiger partial charge >= 0.3 is 0 Å². The predicted molar refractivity (Wildman–Crippen MR) is 68.6 cm³/mol. The third-order valence-electron chi connectivity index (χ3n) is 3.15. The van der Waals surface area contributed by atoms with E-state index in [4.69, 9.17) is 4.74 Å². The van der Waals surface area contributed by atoms with Crippen molar-refractivity contribution in [3.8, 4) is 0 Å². The maximum Gasteiger partial charge on any atom is 0.134 e. The first kappa shape index (κ1) is 12.1. The fraction of sp³-hybridized carbons (Fsp3) is 0.500. The number of Topliss-reactive ketones (excluding diaryl/α,β-unsaturated/α-hetero) is 1. The van der Waals surface area contributed by atoms with E-state index >= 15 is 0 Å². The smallest absolute Gasteiger partial charge is 0.134 e. The number of carbonyl (C=O) groups is 1. The van der Waals surface area contributed by atoms with Gasteiger partial charge in [0.2, 0.25) is 0 Å². The number of aryl methyl sites for hydroxylation is 1. The van der Waals surface area contributed by atoms with Crippen molar-refractivity contribution < 1.29 is 9.53 Å². The molecule has 1 heterocycles. The Kier molecular flexibility index (Phi) is 3.79. The van der Waals surface area contributed by atoms with E-state index in [2.05, 4.69) is 30.0 Å². The SMILES string of the molecule is CC(=O)Cc1cc(N2CCOCC2)ccc1C. The van der Waals surface area contributed by atoms with Crippen molar-refractivity contribution in [2.45, 2.75) is 20.3 Å². The Balaban J connectivity index is 2.20. The molecule has 0 atom stereocenters. The number of nitrogens with zero attached hydrogens (tertiary/aromatic N) is 1. The number of rotatable bonds is 3. The van der Waals surface area contributed by atoms with Crippen molar-refractivity contribution >= 4 is 11.5 Å². The van der Waals surface area contributed by atoms with E-state index in [1.807, 2.05) is 0 Å². The van der Waals surface area contributed by atoms with Crippen molar-refractivity contribution in [3.05, 3.63) is 29.3 Å². The molecule has 1 aliphatic rings. The van der Waals surface area contributed by atoms with Gasteiger partial charge < -0.3 is 9.64 Å². The van der Waals surface area contributed by atoms with E-state index in [0.717, 1.165) is 31.9 Å². The van der Waals surface area contributed by atoms with Gasteiger partial charge in [-0.05, 0) is 37.1 Å². The van der Waals surface area contributed by atoms with Crippen LogP contribution in [-0.4, -0.2) is 32.1 Å². The monoisotopic (exact) mass is 233 g/mol. The van der Waals surface area contributed by atoms with Crippen molar-refractivity contribution in [3.63, 3.8) is 0 Å². The van der Waals surface area contributed by atoms with Crippen LogP contribution in [0.2, 0.25) is 0 Å². The number of morpholine rings is 1. The summed E-state index contributed by atoms with van der Waals surface area (Å²) < 4.78 is 5.34. The molecule has 1 aromatic rings. The Hall–Kier alpha value is -1.35. The average molecular weight is 233 g/mol. The quantitative estimate of drug-likeness (QED) is 0.799. The second-order valence-corrected chi connectivity index (χ2v) is 4.59. The molecule has 17 heavy (non-hydrogen) atoms. The van der Waals surface area contributed by atoms with Crippen LogP contribution in [0.3, 0.4) is 0 Å².